The Bertz CT molecular complexity index is 938. The standard InChI is InChI=1S/C26H37N3O3/c1-16(2)12-20-15-29(22(13-17(3)4)24(30)27-20)25(31)21-14-23(32-28-21)18-8-10-19(11-9-18)26(5,6)7/h8-11,14,16-17,20,22H,12-13,15H2,1-7H3,(H,27,30)/t20-,22-/m0/s1. The van der Waals surface area contributed by atoms with Crippen molar-refractivity contribution >= 4 is 11.8 Å². The van der Waals surface area contributed by atoms with Crippen molar-refractivity contribution in [1.82, 2.24) is 15.4 Å². The molecule has 1 saturated heterocycles. The quantitative estimate of drug-likeness (QED) is 0.684. The largest absolute Gasteiger partial charge is 0.355 e. The number of piperazine rings is 1. The van der Waals surface area contributed by atoms with Gasteiger partial charge in [0.05, 0.1) is 0 Å². The van der Waals surface area contributed by atoms with Crippen LogP contribution in [0.5, 0.6) is 0 Å². The van der Waals surface area contributed by atoms with E-state index in [1.54, 1.807) is 11.0 Å². The molecule has 0 bridgehead atoms. The minimum Gasteiger partial charge on any atom is -0.355 e. The lowest BCUT2D eigenvalue weighted by molar-refractivity contribution is -0.130. The number of carbonyl (C=O) groups excluding carboxylic acids is 2. The number of carbonyl (C=O) groups is 2. The van der Waals surface area contributed by atoms with Crippen LogP contribution in [0.3, 0.4) is 0 Å². The Balaban J connectivity index is 1.84. The van der Waals surface area contributed by atoms with E-state index in [-0.39, 0.29) is 34.9 Å². The highest BCUT2D eigenvalue weighted by Crippen LogP contribution is 2.28. The molecule has 3 rings (SSSR count). The monoisotopic (exact) mass is 439 g/mol. The third-order valence-corrected chi connectivity index (χ3v) is 5.92. The van der Waals surface area contributed by atoms with Gasteiger partial charge >= 0.3 is 0 Å². The van der Waals surface area contributed by atoms with Crippen LogP contribution in [0.4, 0.5) is 0 Å². The molecular formula is C26H37N3O3. The van der Waals surface area contributed by atoms with Gasteiger partial charge in [0.1, 0.15) is 6.04 Å². The zero-order valence-electron chi connectivity index (χ0n) is 20.4. The van der Waals surface area contributed by atoms with Crippen molar-refractivity contribution in [3.8, 4) is 11.3 Å². The van der Waals surface area contributed by atoms with Gasteiger partial charge in [0.15, 0.2) is 11.5 Å². The lowest BCUT2D eigenvalue weighted by Crippen LogP contribution is -2.62. The fourth-order valence-corrected chi connectivity index (χ4v) is 4.25. The number of nitrogens with one attached hydrogen (secondary N) is 1. The summed E-state index contributed by atoms with van der Waals surface area (Å²) >= 11 is 0. The summed E-state index contributed by atoms with van der Waals surface area (Å²) in [6, 6.07) is 9.27. The van der Waals surface area contributed by atoms with Crippen molar-refractivity contribution in [2.24, 2.45) is 11.8 Å². The molecule has 1 fully saturated rings. The Morgan fingerprint density at radius 1 is 1.12 bits per heavy atom. The topological polar surface area (TPSA) is 75.4 Å². The fourth-order valence-electron chi connectivity index (χ4n) is 4.25. The first-order valence-electron chi connectivity index (χ1n) is 11.6. The van der Waals surface area contributed by atoms with Gasteiger partial charge in [0.25, 0.3) is 5.91 Å². The van der Waals surface area contributed by atoms with Crippen LogP contribution < -0.4 is 5.32 Å². The van der Waals surface area contributed by atoms with Crippen LogP contribution in [-0.4, -0.2) is 40.5 Å². The van der Waals surface area contributed by atoms with Crippen LogP contribution in [-0.2, 0) is 10.2 Å². The maximum absolute atomic E-state index is 13.4. The normalized spacial score (nSPS) is 19.5. The summed E-state index contributed by atoms with van der Waals surface area (Å²) < 4.78 is 5.52. The molecule has 1 aliphatic rings. The molecule has 32 heavy (non-hydrogen) atoms. The number of hydrogen-bond donors (Lipinski definition) is 1. The first-order valence-corrected chi connectivity index (χ1v) is 11.6. The number of rotatable bonds is 6. The van der Waals surface area contributed by atoms with Gasteiger partial charge in [-0.2, -0.15) is 0 Å². The summed E-state index contributed by atoms with van der Waals surface area (Å²) in [5.74, 6) is 0.936. The molecule has 2 aromatic rings. The molecule has 1 aliphatic heterocycles. The second-order valence-corrected chi connectivity index (χ2v) is 10.8. The molecule has 6 nitrogen and oxygen atoms in total. The van der Waals surface area contributed by atoms with E-state index in [1.165, 1.54) is 5.56 Å². The van der Waals surface area contributed by atoms with E-state index in [2.05, 4.69) is 71.1 Å². The third kappa shape index (κ3) is 5.59. The van der Waals surface area contributed by atoms with Crippen LogP contribution in [0.15, 0.2) is 34.9 Å². The first-order chi connectivity index (χ1) is 15.0. The van der Waals surface area contributed by atoms with Crippen molar-refractivity contribution in [3.63, 3.8) is 0 Å². The smallest absolute Gasteiger partial charge is 0.276 e. The lowest BCUT2D eigenvalue weighted by atomic mass is 9.86. The zero-order valence-corrected chi connectivity index (χ0v) is 20.4. The second-order valence-electron chi connectivity index (χ2n) is 10.8. The van der Waals surface area contributed by atoms with E-state index >= 15 is 0 Å². The first kappa shape index (κ1) is 24.0. The number of nitrogens with zero attached hydrogens (tertiary/aromatic N) is 2. The SMILES string of the molecule is CC(C)C[C@H]1CN(C(=O)c2cc(-c3ccc(C(C)(C)C)cc3)on2)[C@@H](CC(C)C)C(=O)N1. The number of benzene rings is 1. The zero-order chi connectivity index (χ0) is 23.6. The van der Waals surface area contributed by atoms with Crippen LogP contribution in [0.25, 0.3) is 11.3 Å². The highest BCUT2D eigenvalue weighted by Gasteiger charge is 2.39. The molecule has 174 valence electrons. The van der Waals surface area contributed by atoms with Gasteiger partial charge < -0.3 is 14.7 Å². The molecule has 2 amide bonds. The van der Waals surface area contributed by atoms with Crippen LogP contribution in [0.2, 0.25) is 0 Å². The molecule has 6 heteroatoms. The summed E-state index contributed by atoms with van der Waals surface area (Å²) in [4.78, 5) is 28.0. The Morgan fingerprint density at radius 2 is 1.75 bits per heavy atom. The maximum atomic E-state index is 13.4. The lowest BCUT2D eigenvalue weighted by Gasteiger charge is -2.40. The fraction of sp³-hybridized carbons (Fsp3) is 0.577. The molecule has 0 spiro atoms. The average molecular weight is 440 g/mol. The minimum atomic E-state index is -0.489. The Kier molecular flexibility index (Phi) is 7.11. The van der Waals surface area contributed by atoms with Gasteiger partial charge in [0.2, 0.25) is 5.91 Å². The van der Waals surface area contributed by atoms with E-state index < -0.39 is 6.04 Å². The van der Waals surface area contributed by atoms with Crippen LogP contribution in [0.1, 0.15) is 77.4 Å². The molecule has 1 aromatic carbocycles. The second kappa shape index (κ2) is 9.47. The molecule has 1 aromatic heterocycles. The van der Waals surface area contributed by atoms with E-state index in [1.807, 2.05) is 12.1 Å². The summed E-state index contributed by atoms with van der Waals surface area (Å²) in [5, 5.41) is 7.18. The number of aromatic nitrogens is 1. The van der Waals surface area contributed by atoms with Gasteiger partial charge in [-0.1, -0.05) is 77.9 Å². The average Bonchev–Trinajstić information content (AvgIpc) is 3.18. The van der Waals surface area contributed by atoms with Gasteiger partial charge in [-0.25, -0.2) is 0 Å². The van der Waals surface area contributed by atoms with Crippen molar-refractivity contribution in [2.75, 3.05) is 6.54 Å². The summed E-state index contributed by atoms with van der Waals surface area (Å²) in [7, 11) is 0. The van der Waals surface area contributed by atoms with Crippen LogP contribution >= 0.6 is 0 Å². The van der Waals surface area contributed by atoms with Crippen molar-refractivity contribution in [3.05, 3.63) is 41.6 Å². The summed E-state index contributed by atoms with van der Waals surface area (Å²) in [6.07, 6.45) is 1.44. The van der Waals surface area contributed by atoms with Crippen molar-refractivity contribution in [1.29, 1.82) is 0 Å². The van der Waals surface area contributed by atoms with Crippen LogP contribution in [0, 0.1) is 11.8 Å². The highest BCUT2D eigenvalue weighted by molar-refractivity contribution is 5.97. The molecule has 0 radical (unpaired) electrons. The van der Waals surface area contributed by atoms with E-state index in [0.29, 0.717) is 24.6 Å². The Morgan fingerprint density at radius 3 is 2.31 bits per heavy atom. The molecule has 0 saturated carbocycles. The molecule has 1 N–H and O–H groups in total. The molecule has 2 heterocycles. The van der Waals surface area contributed by atoms with E-state index in [0.717, 1.165) is 12.0 Å². The van der Waals surface area contributed by atoms with E-state index in [4.69, 9.17) is 4.52 Å². The minimum absolute atomic E-state index is 0.0498. The van der Waals surface area contributed by atoms with Gasteiger partial charge in [-0.05, 0) is 35.7 Å². The third-order valence-electron chi connectivity index (χ3n) is 5.92. The summed E-state index contributed by atoms with van der Waals surface area (Å²) in [6.45, 7) is 15.4. The maximum Gasteiger partial charge on any atom is 0.276 e. The Labute approximate surface area is 191 Å². The molecule has 0 unspecified atom stereocenters. The Hall–Kier alpha value is -2.63. The number of hydrogen-bond acceptors (Lipinski definition) is 4. The number of amides is 2. The predicted octanol–water partition coefficient (Wildman–Crippen LogP) is 5.04. The molecule has 2 atom stereocenters. The summed E-state index contributed by atoms with van der Waals surface area (Å²) in [5.41, 5.74) is 2.40. The van der Waals surface area contributed by atoms with Gasteiger partial charge in [-0.15, -0.1) is 0 Å². The molecule has 0 aliphatic carbocycles. The van der Waals surface area contributed by atoms with Gasteiger partial charge in [0, 0.05) is 24.2 Å². The van der Waals surface area contributed by atoms with Crippen molar-refractivity contribution < 1.29 is 14.1 Å². The highest BCUT2D eigenvalue weighted by atomic mass is 16.5. The van der Waals surface area contributed by atoms with Crippen molar-refractivity contribution in [2.45, 2.75) is 78.8 Å². The van der Waals surface area contributed by atoms with E-state index in [9.17, 15) is 9.59 Å². The van der Waals surface area contributed by atoms with Gasteiger partial charge in [-0.3, -0.25) is 9.59 Å². The molecular weight excluding hydrogens is 402 g/mol. The predicted molar refractivity (Wildman–Crippen MR) is 126 cm³/mol.